The van der Waals surface area contributed by atoms with E-state index < -0.39 is 44.7 Å². The summed E-state index contributed by atoms with van der Waals surface area (Å²) in [5.74, 6) is -1.28. The van der Waals surface area contributed by atoms with Crippen LogP contribution in [0.3, 0.4) is 0 Å². The average Bonchev–Trinajstić information content (AvgIpc) is 1.40. The number of hydrogen-bond acceptors (Lipinski definition) is 25. The number of para-hydroxylation sites is 3. The first kappa shape index (κ1) is 99.7. The maximum absolute atomic E-state index is 13.7. The van der Waals surface area contributed by atoms with Crippen LogP contribution in [0, 0.1) is 5.82 Å². The second kappa shape index (κ2) is 44.6. The molecule has 716 valence electrons. The van der Waals surface area contributed by atoms with E-state index in [1.54, 1.807) is 151 Å². The van der Waals surface area contributed by atoms with E-state index in [0.29, 0.717) is 214 Å². The Hall–Kier alpha value is -13.7. The summed E-state index contributed by atoms with van der Waals surface area (Å²) in [5.41, 5.74) is 4.87. The molecule has 16 rings (SSSR count). The summed E-state index contributed by atoms with van der Waals surface area (Å²) in [6.07, 6.45) is 1.07. The molecule has 0 aliphatic carbocycles. The molecule has 4 aliphatic heterocycles. The number of sulfone groups is 1. The van der Waals surface area contributed by atoms with Crippen molar-refractivity contribution < 1.29 is 70.1 Å². The fourth-order valence-electron chi connectivity index (χ4n) is 17.3. The van der Waals surface area contributed by atoms with Crippen LogP contribution >= 0.6 is 22.9 Å². The van der Waals surface area contributed by atoms with Gasteiger partial charge in [0.1, 0.15) is 34.0 Å². The highest BCUT2D eigenvalue weighted by Crippen LogP contribution is 2.38. The van der Waals surface area contributed by atoms with Crippen molar-refractivity contribution in [2.24, 2.45) is 14.1 Å². The van der Waals surface area contributed by atoms with Gasteiger partial charge in [0.15, 0.2) is 14.7 Å². The van der Waals surface area contributed by atoms with Gasteiger partial charge in [-0.1, -0.05) is 72.3 Å². The van der Waals surface area contributed by atoms with Crippen molar-refractivity contribution in [3.05, 3.63) is 272 Å². The highest BCUT2D eigenvalue weighted by Gasteiger charge is 2.37. The van der Waals surface area contributed by atoms with Crippen LogP contribution < -0.4 is 51.3 Å². The Kier molecular flexibility index (Phi) is 32.7. The smallest absolute Gasteiger partial charge is 0.345 e. The number of aromatic nitrogens is 4. The molecule has 4 aliphatic rings. The van der Waals surface area contributed by atoms with Crippen LogP contribution in [0.2, 0.25) is 5.02 Å². The van der Waals surface area contributed by atoms with Crippen LogP contribution in [-0.2, 0) is 51.2 Å². The SMILES string of the molecule is CCOC(=O)c1c(N2CCN(C(=O)c3ccc(F)cc3)CC2)c2ccccc2n(CCN(C)C)c1=O.CCOC(=O)c1c(N2CCN(C(=O)c3ccc(OC)cc3)CC2)c2cc(Cl)ccc2n(C)c1=O.CCOC(=O)c1c(N2CCN(C(=O)c3ccc(OC)cc3)CC2)c2ccccc2n(CCN(C)C)c1=O.Cn1c(=O)c(S(C)(=O)=O)c(N2CCN(C(=O)c3cccs3)CC2)c2ccccc21. The van der Waals surface area contributed by atoms with Crippen LogP contribution in [0.25, 0.3) is 43.6 Å². The fraction of sp³-hybridized carbons (Fsp3) is 0.350. The van der Waals surface area contributed by atoms with Gasteiger partial charge in [0.05, 0.1) is 83.7 Å². The number of nitrogens with zero attached hydrogens (tertiary/aromatic N) is 14. The summed E-state index contributed by atoms with van der Waals surface area (Å²) in [5, 5.41) is 5.38. The van der Waals surface area contributed by atoms with Gasteiger partial charge in [0, 0.05) is 195 Å². The molecule has 4 saturated heterocycles. The number of carbonyl (C=O) groups is 7. The molecule has 0 N–H and O–H groups in total. The molecule has 4 amide bonds. The van der Waals surface area contributed by atoms with Crippen molar-refractivity contribution in [2.75, 3.05) is 206 Å². The van der Waals surface area contributed by atoms with Gasteiger partial charge in [0.25, 0.3) is 45.9 Å². The number of likely N-dealkylation sites (N-methyl/N-ethyl adjacent to an activating group) is 2. The van der Waals surface area contributed by atoms with Crippen molar-refractivity contribution in [2.45, 2.75) is 38.8 Å². The minimum atomic E-state index is -3.75. The number of halogens is 2. The largest absolute Gasteiger partial charge is 0.497 e. The number of fused-ring (bicyclic) bond motifs is 4. The summed E-state index contributed by atoms with van der Waals surface area (Å²) in [7, 11) is 10.4. The number of aryl methyl sites for hydroxylation is 2. The number of benzene rings is 7. The number of rotatable bonds is 23. The number of pyridine rings is 4. The molecular formula is C100H112ClFN14O18S2. The number of carbonyl (C=O) groups excluding carboxylic acids is 7. The molecule has 0 atom stereocenters. The third-order valence-electron chi connectivity index (χ3n) is 24.2. The van der Waals surface area contributed by atoms with Gasteiger partial charge in [-0.2, -0.15) is 0 Å². The quantitative estimate of drug-likeness (QED) is 0.0424. The number of piperazine rings is 4. The van der Waals surface area contributed by atoms with Crippen molar-refractivity contribution in [3.63, 3.8) is 0 Å². The molecule has 36 heteroatoms. The number of hydrogen-bond donors (Lipinski definition) is 0. The molecule has 9 heterocycles. The Morgan fingerprint density at radius 3 is 1.09 bits per heavy atom. The van der Waals surface area contributed by atoms with E-state index in [-0.39, 0.29) is 76.2 Å². The summed E-state index contributed by atoms with van der Waals surface area (Å²) in [4.78, 5) is 164. The first-order valence-corrected chi connectivity index (χ1v) is 48.0. The van der Waals surface area contributed by atoms with Crippen molar-refractivity contribution in [1.82, 2.24) is 47.7 Å². The predicted molar refractivity (Wildman–Crippen MR) is 527 cm³/mol. The van der Waals surface area contributed by atoms with Gasteiger partial charge in [-0.15, -0.1) is 11.3 Å². The predicted octanol–water partition coefficient (Wildman–Crippen LogP) is 10.9. The van der Waals surface area contributed by atoms with Crippen LogP contribution in [0.15, 0.2) is 205 Å². The Morgan fingerprint density at radius 2 is 0.728 bits per heavy atom. The first-order chi connectivity index (χ1) is 65.3. The third-order valence-corrected chi connectivity index (χ3v) is 26.4. The van der Waals surface area contributed by atoms with E-state index in [1.807, 2.05) is 142 Å². The van der Waals surface area contributed by atoms with Crippen LogP contribution in [0.5, 0.6) is 11.5 Å². The minimum absolute atomic E-state index is 0.0168. The Bertz CT molecular complexity index is 6800. The Morgan fingerprint density at radius 1 is 0.397 bits per heavy atom. The number of ether oxygens (including phenoxy) is 5. The van der Waals surface area contributed by atoms with E-state index in [2.05, 4.69) is 0 Å². The normalized spacial score (nSPS) is 14.1. The second-order valence-corrected chi connectivity index (χ2v) is 36.6. The van der Waals surface area contributed by atoms with E-state index in [1.165, 1.54) is 44.7 Å². The number of esters is 3. The van der Waals surface area contributed by atoms with Gasteiger partial charge >= 0.3 is 17.9 Å². The summed E-state index contributed by atoms with van der Waals surface area (Å²) >= 11 is 7.69. The standard InChI is InChI=1S/C28H34N4O5.C27H31FN4O4.C25H26ClN3O5.C20H21N3O4S2/c1-5-37-28(35)24-25(22-8-6-7-9-23(22)32(27(24)34)19-14-29(2)3)30-15-17-31(18-16-30)26(33)20-10-12-21(36-4)13-11-20;1-4-36-27(35)23-24(21-7-5-6-8-22(21)32(26(23)34)18-13-29(2)3)30-14-16-31(17-15-30)25(33)19-9-11-20(28)12-10-19;1-4-34-25(32)21-22(19-15-17(26)7-10-20(19)27(2)24(21)31)28-11-13-29(14-12-28)23(30)16-5-8-18(33-3)9-6-16;1-21-15-7-4-3-6-14(15)17(18(20(21)25)29(2,26)27)22-9-11-23(12-10-22)19(24)16-8-5-13-28-16/h6-13H,5,14-19H2,1-4H3;5-12H,4,13-18H2,1-3H3;5-10,15H,4,11-14H2,1-3H3;3-8,13H,9-12H2,1-2H3. The number of thiophene rings is 1. The van der Waals surface area contributed by atoms with Crippen LogP contribution in [0.1, 0.15) is 92.6 Å². The van der Waals surface area contributed by atoms with E-state index in [0.717, 1.165) is 28.1 Å². The molecule has 4 fully saturated rings. The maximum Gasteiger partial charge on any atom is 0.345 e. The second-order valence-electron chi connectivity index (χ2n) is 33.3. The molecule has 32 nitrogen and oxygen atoms in total. The molecule has 7 aromatic carbocycles. The zero-order valence-corrected chi connectivity index (χ0v) is 80.7. The van der Waals surface area contributed by atoms with E-state index >= 15 is 0 Å². The summed E-state index contributed by atoms with van der Waals surface area (Å²) in [6.45, 7) is 14.9. The number of methoxy groups -OCH3 is 2. The third kappa shape index (κ3) is 22.1. The topological polar surface area (TPSA) is 320 Å². The molecule has 136 heavy (non-hydrogen) atoms. The highest BCUT2D eigenvalue weighted by atomic mass is 35.5. The molecule has 0 unspecified atom stereocenters. The lowest BCUT2D eigenvalue weighted by Gasteiger charge is -2.37. The van der Waals surface area contributed by atoms with Gasteiger partial charge in [-0.25, -0.2) is 27.2 Å². The van der Waals surface area contributed by atoms with Gasteiger partial charge in [-0.05, 0) is 170 Å². The highest BCUT2D eigenvalue weighted by molar-refractivity contribution is 7.90. The van der Waals surface area contributed by atoms with Crippen LogP contribution in [0.4, 0.5) is 27.1 Å². The minimum Gasteiger partial charge on any atom is -0.497 e. The Labute approximate surface area is 795 Å². The zero-order chi connectivity index (χ0) is 97.5. The lowest BCUT2D eigenvalue weighted by atomic mass is 10.1. The summed E-state index contributed by atoms with van der Waals surface area (Å²) in [6, 6.07) is 50.9. The molecule has 0 radical (unpaired) electrons. The van der Waals surface area contributed by atoms with Crippen molar-refractivity contribution in [1.29, 1.82) is 0 Å². The summed E-state index contributed by atoms with van der Waals surface area (Å²) < 4.78 is 70.7. The van der Waals surface area contributed by atoms with Gasteiger partial charge in [-0.3, -0.25) is 38.4 Å². The van der Waals surface area contributed by atoms with Crippen molar-refractivity contribution >= 4 is 141 Å². The lowest BCUT2D eigenvalue weighted by molar-refractivity contribution is 0.0514. The van der Waals surface area contributed by atoms with Gasteiger partial charge < -0.3 is 91.0 Å². The van der Waals surface area contributed by atoms with Gasteiger partial charge in [0.2, 0.25) is 0 Å². The number of anilines is 4. The first-order valence-electron chi connectivity index (χ1n) is 44.8. The van der Waals surface area contributed by atoms with Crippen molar-refractivity contribution in [3.8, 4) is 11.5 Å². The maximum atomic E-state index is 13.7. The Balaban J connectivity index is 0.000000154. The molecule has 12 aromatic rings. The van der Waals surface area contributed by atoms with E-state index in [9.17, 15) is 65.5 Å². The zero-order valence-electron chi connectivity index (χ0n) is 78.3. The molecule has 0 spiro atoms. The average molecular weight is 1920 g/mol. The van der Waals surface area contributed by atoms with E-state index in [4.69, 9.17) is 35.3 Å². The fourth-order valence-corrected chi connectivity index (χ4v) is 19.2. The van der Waals surface area contributed by atoms with Crippen LogP contribution in [-0.4, -0.2) is 284 Å². The lowest BCUT2D eigenvalue weighted by Crippen LogP contribution is -2.49. The molecule has 0 saturated carbocycles. The molecular weight excluding hydrogens is 1800 g/mol. The molecule has 0 bridgehead atoms. The number of amides is 4. The monoisotopic (exact) mass is 1910 g/mol. The molecule has 5 aromatic heterocycles.